The van der Waals surface area contributed by atoms with Gasteiger partial charge in [-0.05, 0) is 55.3 Å². The Balaban J connectivity index is 1.31. The van der Waals surface area contributed by atoms with Gasteiger partial charge in [-0.2, -0.15) is 0 Å². The summed E-state index contributed by atoms with van der Waals surface area (Å²) in [4.78, 5) is 47.8. The molecule has 13 heteroatoms. The van der Waals surface area contributed by atoms with Crippen LogP contribution in [-0.4, -0.2) is 74.3 Å². The van der Waals surface area contributed by atoms with Crippen LogP contribution in [0.25, 0.3) is 11.8 Å². The van der Waals surface area contributed by atoms with Crippen LogP contribution in [0.2, 0.25) is 0 Å². The van der Waals surface area contributed by atoms with E-state index in [2.05, 4.69) is 0 Å². The average Bonchev–Trinajstić information content (AvgIpc) is 3.74. The molecule has 0 radical (unpaired) electrons. The van der Waals surface area contributed by atoms with Crippen molar-refractivity contribution >= 4 is 35.0 Å². The second-order valence-electron chi connectivity index (χ2n) is 11.5. The summed E-state index contributed by atoms with van der Waals surface area (Å²) in [5.74, 6) is 1.25. The molecule has 50 heavy (non-hydrogen) atoms. The monoisotopic (exact) mass is 697 g/mol. The van der Waals surface area contributed by atoms with Crippen molar-refractivity contribution in [2.75, 3.05) is 52.9 Å². The van der Waals surface area contributed by atoms with E-state index in [9.17, 15) is 14.4 Å². The van der Waals surface area contributed by atoms with Gasteiger partial charge in [0.15, 0.2) is 34.4 Å². The summed E-state index contributed by atoms with van der Waals surface area (Å²) in [6, 6.07) is 19.2. The van der Waals surface area contributed by atoms with E-state index in [0.29, 0.717) is 87.6 Å². The van der Waals surface area contributed by atoms with E-state index < -0.39 is 12.0 Å². The van der Waals surface area contributed by atoms with Crippen molar-refractivity contribution in [3.8, 4) is 23.0 Å². The summed E-state index contributed by atoms with van der Waals surface area (Å²) in [6.07, 6.45) is 1.75. The third kappa shape index (κ3) is 6.61. The molecule has 0 aliphatic carbocycles. The summed E-state index contributed by atoms with van der Waals surface area (Å²) in [5.41, 5.74) is 2.36. The summed E-state index contributed by atoms with van der Waals surface area (Å²) in [7, 11) is 0. The molecule has 0 unspecified atom stereocenters. The molecule has 1 saturated heterocycles. The summed E-state index contributed by atoms with van der Waals surface area (Å²) < 4.78 is 35.8. The van der Waals surface area contributed by atoms with Gasteiger partial charge in [-0.15, -0.1) is 0 Å². The van der Waals surface area contributed by atoms with Crippen LogP contribution >= 0.6 is 11.3 Å². The van der Waals surface area contributed by atoms with Gasteiger partial charge in [0.05, 0.1) is 48.3 Å². The molecule has 3 aromatic carbocycles. The molecule has 0 N–H and O–H groups in total. The number of benzene rings is 3. The fraction of sp³-hybridized carbons (Fsp3) is 0.297. The largest absolute Gasteiger partial charge is 0.490 e. The van der Waals surface area contributed by atoms with Crippen molar-refractivity contribution in [2.45, 2.75) is 19.9 Å². The number of carbonyl (C=O) groups is 2. The number of carbonyl (C=O) groups excluding carboxylic acids is 2. The zero-order valence-electron chi connectivity index (χ0n) is 27.6. The van der Waals surface area contributed by atoms with E-state index in [1.807, 2.05) is 43.3 Å². The van der Waals surface area contributed by atoms with Crippen LogP contribution in [0, 0.1) is 0 Å². The predicted octanol–water partition coefficient (Wildman–Crippen LogP) is 3.30. The fourth-order valence-electron chi connectivity index (χ4n) is 6.04. The lowest BCUT2D eigenvalue weighted by atomic mass is 9.93. The molecule has 0 spiro atoms. The molecule has 0 saturated carbocycles. The van der Waals surface area contributed by atoms with Crippen LogP contribution < -0.4 is 33.8 Å². The maximum atomic E-state index is 14.4. The van der Waals surface area contributed by atoms with Gasteiger partial charge in [-0.25, -0.2) is 9.79 Å². The second kappa shape index (κ2) is 14.6. The highest BCUT2D eigenvalue weighted by atomic mass is 32.1. The highest BCUT2D eigenvalue weighted by Crippen LogP contribution is 2.40. The highest BCUT2D eigenvalue weighted by molar-refractivity contribution is 7.07. The van der Waals surface area contributed by atoms with E-state index in [1.54, 1.807) is 48.2 Å². The standard InChI is InChI=1S/C37H35N3O9S/c1-3-45-28-18-23(10-12-26(28)47-21-31(41)39-14-16-44-17-15-39)19-30-35(42)40-34(25-11-13-27-29(20-25)49-22-48-27)32(36(43)46-4-2)33(38-37(40)50-30)24-8-6-5-7-9-24/h5-13,18-20,34H,3-4,14-17,21-22H2,1-2H3/b30-19+/t34-/m0/s1. The molecule has 3 aliphatic heterocycles. The Labute approximate surface area is 291 Å². The minimum absolute atomic E-state index is 0.0785. The van der Waals surface area contributed by atoms with E-state index in [1.165, 1.54) is 15.9 Å². The third-order valence-corrected chi connectivity index (χ3v) is 9.35. The Hall–Kier alpha value is -5.40. The summed E-state index contributed by atoms with van der Waals surface area (Å²) in [5, 5.41) is 0. The van der Waals surface area contributed by atoms with Crippen molar-refractivity contribution in [1.82, 2.24) is 9.47 Å². The van der Waals surface area contributed by atoms with Crippen LogP contribution in [0.1, 0.15) is 36.6 Å². The van der Waals surface area contributed by atoms with Gasteiger partial charge in [0.2, 0.25) is 6.79 Å². The first-order valence-corrected chi connectivity index (χ1v) is 17.2. The number of ether oxygens (including phenoxy) is 6. The number of fused-ring (bicyclic) bond motifs is 2. The predicted molar refractivity (Wildman–Crippen MR) is 184 cm³/mol. The van der Waals surface area contributed by atoms with Gasteiger partial charge in [0.25, 0.3) is 11.5 Å². The van der Waals surface area contributed by atoms with Gasteiger partial charge in [0, 0.05) is 18.7 Å². The Morgan fingerprint density at radius 2 is 1.74 bits per heavy atom. The topological polar surface area (TPSA) is 127 Å². The lowest BCUT2D eigenvalue weighted by Crippen LogP contribution is -2.43. The van der Waals surface area contributed by atoms with Crippen LogP contribution in [0.15, 0.2) is 82.1 Å². The molecule has 4 heterocycles. The Morgan fingerprint density at radius 3 is 2.52 bits per heavy atom. The first-order chi connectivity index (χ1) is 24.4. The average molecular weight is 698 g/mol. The van der Waals surface area contributed by atoms with E-state index in [4.69, 9.17) is 33.4 Å². The van der Waals surface area contributed by atoms with Crippen LogP contribution in [0.3, 0.4) is 0 Å². The third-order valence-electron chi connectivity index (χ3n) is 8.37. The van der Waals surface area contributed by atoms with Gasteiger partial charge in [-0.1, -0.05) is 53.8 Å². The van der Waals surface area contributed by atoms with Gasteiger partial charge >= 0.3 is 5.97 Å². The molecule has 258 valence electrons. The second-order valence-corrected chi connectivity index (χ2v) is 12.5. The molecule has 1 atom stereocenters. The Kier molecular flexibility index (Phi) is 9.67. The lowest BCUT2D eigenvalue weighted by molar-refractivity contribution is -0.139. The number of aromatic nitrogens is 1. The molecular formula is C37H35N3O9S. The molecule has 1 fully saturated rings. The summed E-state index contributed by atoms with van der Waals surface area (Å²) >= 11 is 1.21. The molecule has 4 aromatic rings. The molecule has 0 bridgehead atoms. The Morgan fingerprint density at radius 1 is 0.940 bits per heavy atom. The van der Waals surface area contributed by atoms with Crippen molar-refractivity contribution < 1.29 is 38.0 Å². The van der Waals surface area contributed by atoms with Crippen molar-refractivity contribution in [3.05, 3.63) is 109 Å². The molecular weight excluding hydrogens is 662 g/mol. The maximum Gasteiger partial charge on any atom is 0.338 e. The van der Waals surface area contributed by atoms with Crippen molar-refractivity contribution in [3.63, 3.8) is 0 Å². The molecule has 1 amide bonds. The number of amides is 1. The first kappa shape index (κ1) is 33.1. The van der Waals surface area contributed by atoms with E-state index in [0.717, 1.165) is 0 Å². The molecule has 1 aromatic heterocycles. The van der Waals surface area contributed by atoms with Crippen LogP contribution in [-0.2, 0) is 19.1 Å². The summed E-state index contributed by atoms with van der Waals surface area (Å²) in [6.45, 7) is 6.12. The van der Waals surface area contributed by atoms with E-state index >= 15 is 0 Å². The zero-order chi connectivity index (χ0) is 34.6. The van der Waals surface area contributed by atoms with E-state index in [-0.39, 0.29) is 37.0 Å². The molecule has 7 rings (SSSR count). The number of esters is 1. The lowest BCUT2D eigenvalue weighted by Gasteiger charge is -2.26. The van der Waals surface area contributed by atoms with Crippen molar-refractivity contribution in [1.29, 1.82) is 0 Å². The number of thiazole rings is 1. The minimum atomic E-state index is -0.865. The first-order valence-electron chi connectivity index (χ1n) is 16.4. The normalized spacial score (nSPS) is 16.9. The van der Waals surface area contributed by atoms with Crippen LogP contribution in [0.5, 0.6) is 23.0 Å². The van der Waals surface area contributed by atoms with Gasteiger partial charge in [-0.3, -0.25) is 14.2 Å². The number of nitrogens with zero attached hydrogens (tertiary/aromatic N) is 3. The Bertz CT molecular complexity index is 2130. The quantitative estimate of drug-likeness (QED) is 0.230. The zero-order valence-corrected chi connectivity index (χ0v) is 28.4. The fourth-order valence-corrected chi connectivity index (χ4v) is 7.04. The van der Waals surface area contributed by atoms with Crippen molar-refractivity contribution in [2.24, 2.45) is 4.99 Å². The molecule has 3 aliphatic rings. The maximum absolute atomic E-state index is 14.4. The highest BCUT2D eigenvalue weighted by Gasteiger charge is 2.36. The molecule has 12 nitrogen and oxygen atoms in total. The number of hydrogen-bond acceptors (Lipinski definition) is 11. The number of morpholine rings is 1. The SMILES string of the molecule is CCOC(=O)C1=C(c2ccccc2)N=c2s/c(=C/c3ccc(OCC(=O)N4CCOCC4)c(OCC)c3)c(=O)n2[C@H]1c1ccc2c(c1)OCO2. The number of rotatable bonds is 10. The van der Waals surface area contributed by atoms with Crippen LogP contribution in [0.4, 0.5) is 0 Å². The smallest absolute Gasteiger partial charge is 0.338 e. The van der Waals surface area contributed by atoms with Gasteiger partial charge < -0.3 is 33.3 Å². The minimum Gasteiger partial charge on any atom is -0.490 e. The number of hydrogen-bond donors (Lipinski definition) is 0. The van der Waals surface area contributed by atoms with Gasteiger partial charge in [0.1, 0.15) is 0 Å².